The average molecular weight is 215 g/mol. The number of ether oxygens (including phenoxy) is 1. The van der Waals surface area contributed by atoms with Gasteiger partial charge < -0.3 is 10.1 Å². The van der Waals surface area contributed by atoms with Crippen molar-refractivity contribution in [2.75, 3.05) is 7.11 Å². The Morgan fingerprint density at radius 2 is 1.93 bits per heavy atom. The molecule has 3 nitrogen and oxygen atoms in total. The zero-order valence-electron chi connectivity index (χ0n) is 10.7. The second-order valence-corrected chi connectivity index (χ2v) is 4.24. The number of methoxy groups -OCH3 is 1. The standard InChI is InChI=1S/C12H25NO2/c1-6-8-10(4)13-11(9(3)7-2)12(14)15-5/h9-11,13H,6-8H2,1-5H3. The van der Waals surface area contributed by atoms with E-state index in [1.54, 1.807) is 0 Å². The van der Waals surface area contributed by atoms with Gasteiger partial charge in [0.05, 0.1) is 7.11 Å². The van der Waals surface area contributed by atoms with Gasteiger partial charge in [-0.25, -0.2) is 0 Å². The van der Waals surface area contributed by atoms with Crippen LogP contribution in [0.15, 0.2) is 0 Å². The normalized spacial score (nSPS) is 16.9. The molecule has 0 heterocycles. The van der Waals surface area contributed by atoms with Crippen LogP contribution >= 0.6 is 0 Å². The SMILES string of the molecule is CCCC(C)NC(C(=O)OC)C(C)CC. The lowest BCUT2D eigenvalue weighted by Gasteiger charge is -2.25. The summed E-state index contributed by atoms with van der Waals surface area (Å²) in [6.45, 7) is 8.43. The molecule has 0 radical (unpaired) electrons. The molecule has 0 bridgehead atoms. The smallest absolute Gasteiger partial charge is 0.323 e. The summed E-state index contributed by atoms with van der Waals surface area (Å²) < 4.78 is 4.81. The van der Waals surface area contributed by atoms with Crippen molar-refractivity contribution in [3.05, 3.63) is 0 Å². The number of carbonyl (C=O) groups excluding carboxylic acids is 1. The zero-order valence-corrected chi connectivity index (χ0v) is 10.7. The van der Waals surface area contributed by atoms with E-state index >= 15 is 0 Å². The van der Waals surface area contributed by atoms with Crippen molar-refractivity contribution >= 4 is 5.97 Å². The summed E-state index contributed by atoms with van der Waals surface area (Å²) in [7, 11) is 1.45. The van der Waals surface area contributed by atoms with E-state index in [0.717, 1.165) is 19.3 Å². The maximum Gasteiger partial charge on any atom is 0.323 e. The van der Waals surface area contributed by atoms with Crippen LogP contribution in [0, 0.1) is 5.92 Å². The fraction of sp³-hybridized carbons (Fsp3) is 0.917. The van der Waals surface area contributed by atoms with Crippen molar-refractivity contribution in [3.8, 4) is 0 Å². The largest absolute Gasteiger partial charge is 0.468 e. The van der Waals surface area contributed by atoms with Crippen LogP contribution in [0.5, 0.6) is 0 Å². The molecule has 0 fully saturated rings. The number of hydrogen-bond donors (Lipinski definition) is 1. The van der Waals surface area contributed by atoms with Crippen LogP contribution < -0.4 is 5.32 Å². The topological polar surface area (TPSA) is 38.3 Å². The zero-order chi connectivity index (χ0) is 11.8. The van der Waals surface area contributed by atoms with Gasteiger partial charge in [-0.1, -0.05) is 33.6 Å². The van der Waals surface area contributed by atoms with Crippen LogP contribution in [0.4, 0.5) is 0 Å². The van der Waals surface area contributed by atoms with Crippen LogP contribution in [-0.2, 0) is 9.53 Å². The molecule has 0 aromatic rings. The lowest BCUT2D eigenvalue weighted by atomic mass is 9.98. The third-order valence-corrected chi connectivity index (χ3v) is 2.85. The van der Waals surface area contributed by atoms with Crippen molar-refractivity contribution in [1.82, 2.24) is 5.32 Å². The Balaban J connectivity index is 4.30. The molecule has 0 aromatic carbocycles. The van der Waals surface area contributed by atoms with Gasteiger partial charge in [-0.05, 0) is 19.3 Å². The fourth-order valence-corrected chi connectivity index (χ4v) is 1.65. The third kappa shape index (κ3) is 5.17. The molecule has 0 amide bonds. The summed E-state index contributed by atoms with van der Waals surface area (Å²) in [5.74, 6) is 0.170. The highest BCUT2D eigenvalue weighted by atomic mass is 16.5. The number of carbonyl (C=O) groups is 1. The highest BCUT2D eigenvalue weighted by Gasteiger charge is 2.25. The summed E-state index contributed by atoms with van der Waals surface area (Å²) in [4.78, 5) is 11.6. The third-order valence-electron chi connectivity index (χ3n) is 2.85. The van der Waals surface area contributed by atoms with Crippen LogP contribution in [0.2, 0.25) is 0 Å². The van der Waals surface area contributed by atoms with E-state index in [1.807, 2.05) is 0 Å². The van der Waals surface area contributed by atoms with Gasteiger partial charge in [-0.3, -0.25) is 4.79 Å². The van der Waals surface area contributed by atoms with Gasteiger partial charge in [0.1, 0.15) is 6.04 Å². The molecular formula is C12H25NO2. The first kappa shape index (κ1) is 14.4. The maximum atomic E-state index is 11.6. The first-order valence-corrected chi connectivity index (χ1v) is 5.90. The van der Waals surface area contributed by atoms with Crippen LogP contribution in [-0.4, -0.2) is 25.2 Å². The minimum Gasteiger partial charge on any atom is -0.468 e. The first-order chi connectivity index (χ1) is 7.06. The van der Waals surface area contributed by atoms with Gasteiger partial charge in [0.2, 0.25) is 0 Å². The molecule has 0 spiro atoms. The monoisotopic (exact) mass is 215 g/mol. The predicted octanol–water partition coefficient (Wildman–Crippen LogP) is 2.35. The van der Waals surface area contributed by atoms with E-state index < -0.39 is 0 Å². The lowest BCUT2D eigenvalue weighted by molar-refractivity contribution is -0.144. The van der Waals surface area contributed by atoms with Crippen LogP contribution in [0.3, 0.4) is 0 Å². The highest BCUT2D eigenvalue weighted by molar-refractivity contribution is 5.76. The van der Waals surface area contributed by atoms with Crippen molar-refractivity contribution in [3.63, 3.8) is 0 Å². The van der Waals surface area contributed by atoms with Gasteiger partial charge in [-0.15, -0.1) is 0 Å². The fourth-order valence-electron chi connectivity index (χ4n) is 1.65. The Kier molecular flexibility index (Phi) is 7.39. The average Bonchev–Trinajstić information content (AvgIpc) is 2.24. The highest BCUT2D eigenvalue weighted by Crippen LogP contribution is 2.11. The second-order valence-electron chi connectivity index (χ2n) is 4.24. The molecule has 0 saturated carbocycles. The molecule has 0 saturated heterocycles. The van der Waals surface area contributed by atoms with E-state index in [0.29, 0.717) is 12.0 Å². The summed E-state index contributed by atoms with van der Waals surface area (Å²) in [6, 6.07) is 0.203. The number of nitrogens with one attached hydrogen (secondary N) is 1. The molecule has 0 aliphatic heterocycles. The van der Waals surface area contributed by atoms with Crippen LogP contribution in [0.1, 0.15) is 47.0 Å². The van der Waals surface area contributed by atoms with Gasteiger partial charge in [-0.2, -0.15) is 0 Å². The second kappa shape index (κ2) is 7.69. The van der Waals surface area contributed by atoms with E-state index in [4.69, 9.17) is 4.74 Å². The van der Waals surface area contributed by atoms with E-state index in [2.05, 4.69) is 33.0 Å². The molecule has 3 unspecified atom stereocenters. The minimum atomic E-state index is -0.165. The number of hydrogen-bond acceptors (Lipinski definition) is 3. The number of esters is 1. The molecule has 0 rings (SSSR count). The molecule has 90 valence electrons. The summed E-state index contributed by atoms with van der Waals surface area (Å²) >= 11 is 0. The molecule has 1 N–H and O–H groups in total. The molecule has 0 aliphatic rings. The summed E-state index contributed by atoms with van der Waals surface area (Å²) in [5.41, 5.74) is 0. The van der Waals surface area contributed by atoms with Crippen LogP contribution in [0.25, 0.3) is 0 Å². The maximum absolute atomic E-state index is 11.6. The van der Waals surface area contributed by atoms with Gasteiger partial charge in [0, 0.05) is 6.04 Å². The predicted molar refractivity (Wildman–Crippen MR) is 62.8 cm³/mol. The Hall–Kier alpha value is -0.570. The Labute approximate surface area is 93.6 Å². The first-order valence-electron chi connectivity index (χ1n) is 5.90. The molecular weight excluding hydrogens is 190 g/mol. The quantitative estimate of drug-likeness (QED) is 0.662. The summed E-state index contributed by atoms with van der Waals surface area (Å²) in [6.07, 6.45) is 3.19. The number of rotatable bonds is 7. The molecule has 0 aliphatic carbocycles. The molecule has 3 heteroatoms. The van der Waals surface area contributed by atoms with Crippen molar-refractivity contribution in [2.45, 2.75) is 59.0 Å². The van der Waals surface area contributed by atoms with Gasteiger partial charge in [0.25, 0.3) is 0 Å². The van der Waals surface area contributed by atoms with Crippen molar-refractivity contribution < 1.29 is 9.53 Å². The molecule has 15 heavy (non-hydrogen) atoms. The van der Waals surface area contributed by atoms with Gasteiger partial charge in [0.15, 0.2) is 0 Å². The van der Waals surface area contributed by atoms with Gasteiger partial charge >= 0.3 is 5.97 Å². The Bertz CT molecular complexity index is 182. The minimum absolute atomic E-state index is 0.146. The van der Waals surface area contributed by atoms with Crippen molar-refractivity contribution in [2.24, 2.45) is 5.92 Å². The molecule has 0 aromatic heterocycles. The van der Waals surface area contributed by atoms with E-state index in [-0.39, 0.29) is 12.0 Å². The van der Waals surface area contributed by atoms with E-state index in [1.165, 1.54) is 7.11 Å². The van der Waals surface area contributed by atoms with Crippen molar-refractivity contribution in [1.29, 1.82) is 0 Å². The lowest BCUT2D eigenvalue weighted by Crippen LogP contribution is -2.46. The van der Waals surface area contributed by atoms with E-state index in [9.17, 15) is 4.79 Å². The Morgan fingerprint density at radius 3 is 2.33 bits per heavy atom. The summed E-state index contributed by atoms with van der Waals surface area (Å²) in [5, 5.41) is 3.34. The Morgan fingerprint density at radius 1 is 1.33 bits per heavy atom. The molecule has 3 atom stereocenters.